The lowest BCUT2D eigenvalue weighted by atomic mass is 10.2. The highest BCUT2D eigenvalue weighted by Crippen LogP contribution is 2.29. The molecule has 0 spiro atoms. The first-order valence-electron chi connectivity index (χ1n) is 6.51. The maximum atomic E-state index is 12.6. The van der Waals surface area contributed by atoms with Gasteiger partial charge in [-0.1, -0.05) is 18.2 Å². The Labute approximate surface area is 128 Å². The molecular formula is C16H15NO2S2. The molecule has 0 atom stereocenters. The number of thiophene rings is 1. The highest BCUT2D eigenvalue weighted by Gasteiger charge is 2.19. The van der Waals surface area contributed by atoms with Crippen molar-refractivity contribution in [2.45, 2.75) is 17.6 Å². The summed E-state index contributed by atoms with van der Waals surface area (Å²) in [6, 6.07) is 12.8. The summed E-state index contributed by atoms with van der Waals surface area (Å²) in [7, 11) is -3.37. The average Bonchev–Trinajstić information content (AvgIpc) is 2.81. The smallest absolute Gasteiger partial charge is 0.182 e. The Morgan fingerprint density at radius 1 is 1.14 bits per heavy atom. The number of nitrogens with two attached hydrogens (primary N) is 1. The topological polar surface area (TPSA) is 60.2 Å². The van der Waals surface area contributed by atoms with E-state index in [-0.39, 0.29) is 5.75 Å². The van der Waals surface area contributed by atoms with E-state index >= 15 is 0 Å². The van der Waals surface area contributed by atoms with Gasteiger partial charge in [0.2, 0.25) is 0 Å². The van der Waals surface area contributed by atoms with Crippen LogP contribution in [0, 0.1) is 6.92 Å². The van der Waals surface area contributed by atoms with Gasteiger partial charge in [0, 0.05) is 10.4 Å². The fourth-order valence-electron chi connectivity index (χ4n) is 2.45. The van der Waals surface area contributed by atoms with E-state index in [4.69, 9.17) is 5.73 Å². The fraction of sp³-hybridized carbons (Fsp3) is 0.125. The van der Waals surface area contributed by atoms with Crippen molar-refractivity contribution in [2.75, 3.05) is 5.73 Å². The minimum Gasteiger partial charge on any atom is -0.399 e. The maximum absolute atomic E-state index is 12.6. The Morgan fingerprint density at radius 2 is 1.90 bits per heavy atom. The van der Waals surface area contributed by atoms with Crippen molar-refractivity contribution in [3.63, 3.8) is 0 Å². The molecule has 0 saturated heterocycles. The maximum Gasteiger partial charge on any atom is 0.182 e. The van der Waals surface area contributed by atoms with Crippen molar-refractivity contribution in [1.29, 1.82) is 0 Å². The molecule has 0 saturated carbocycles. The predicted octanol–water partition coefficient (Wildman–Crippen LogP) is 3.77. The fourth-order valence-corrected chi connectivity index (χ4v) is 5.15. The van der Waals surface area contributed by atoms with Crippen molar-refractivity contribution in [3.05, 3.63) is 59.0 Å². The highest BCUT2D eigenvalue weighted by molar-refractivity contribution is 7.90. The molecule has 0 aliphatic heterocycles. The van der Waals surface area contributed by atoms with Crippen LogP contribution >= 0.6 is 11.3 Å². The Kier molecular flexibility index (Phi) is 3.47. The summed E-state index contributed by atoms with van der Waals surface area (Å²) < 4.78 is 26.4. The molecule has 0 amide bonds. The van der Waals surface area contributed by atoms with E-state index in [1.807, 2.05) is 29.6 Å². The quantitative estimate of drug-likeness (QED) is 0.748. The molecule has 0 bridgehead atoms. The van der Waals surface area contributed by atoms with E-state index in [2.05, 4.69) is 0 Å². The van der Waals surface area contributed by atoms with Gasteiger partial charge in [0.05, 0.1) is 10.6 Å². The van der Waals surface area contributed by atoms with Crippen LogP contribution < -0.4 is 5.73 Å². The second kappa shape index (κ2) is 5.16. The van der Waals surface area contributed by atoms with Crippen LogP contribution in [0.1, 0.15) is 11.1 Å². The van der Waals surface area contributed by atoms with Gasteiger partial charge in [-0.2, -0.15) is 0 Å². The van der Waals surface area contributed by atoms with E-state index in [9.17, 15) is 8.42 Å². The number of anilines is 1. The molecule has 1 heterocycles. The summed E-state index contributed by atoms with van der Waals surface area (Å²) in [4.78, 5) is 0.354. The number of hydrogen-bond donors (Lipinski definition) is 1. The minimum absolute atomic E-state index is 0.0156. The lowest BCUT2D eigenvalue weighted by molar-refractivity contribution is 0.595. The van der Waals surface area contributed by atoms with Crippen LogP contribution in [-0.4, -0.2) is 8.42 Å². The largest absolute Gasteiger partial charge is 0.399 e. The zero-order valence-corrected chi connectivity index (χ0v) is 13.2. The molecule has 0 aliphatic carbocycles. The van der Waals surface area contributed by atoms with Gasteiger partial charge in [-0.3, -0.25) is 0 Å². The molecular weight excluding hydrogens is 302 g/mol. The number of fused-ring (bicyclic) bond motifs is 1. The van der Waals surface area contributed by atoms with Crippen molar-refractivity contribution in [1.82, 2.24) is 0 Å². The van der Waals surface area contributed by atoms with Gasteiger partial charge in [-0.25, -0.2) is 8.42 Å². The zero-order valence-electron chi connectivity index (χ0n) is 11.5. The van der Waals surface area contributed by atoms with Gasteiger partial charge in [0.25, 0.3) is 0 Å². The van der Waals surface area contributed by atoms with Crippen LogP contribution in [0.2, 0.25) is 0 Å². The average molecular weight is 317 g/mol. The first kappa shape index (κ1) is 14.1. The summed E-state index contributed by atoms with van der Waals surface area (Å²) in [5.74, 6) is 0.0156. The summed E-state index contributed by atoms with van der Waals surface area (Å²) in [5, 5.41) is 2.94. The van der Waals surface area contributed by atoms with Gasteiger partial charge < -0.3 is 5.73 Å². The highest BCUT2D eigenvalue weighted by atomic mass is 32.2. The van der Waals surface area contributed by atoms with Crippen LogP contribution in [0.3, 0.4) is 0 Å². The molecule has 3 rings (SSSR count). The van der Waals surface area contributed by atoms with Crippen molar-refractivity contribution >= 4 is 36.9 Å². The number of aryl methyl sites for hydroxylation is 1. The normalized spacial score (nSPS) is 11.9. The Hall–Kier alpha value is -1.85. The molecule has 108 valence electrons. The molecule has 0 fully saturated rings. The number of sulfone groups is 1. The van der Waals surface area contributed by atoms with Gasteiger partial charge in [0.1, 0.15) is 0 Å². The predicted molar refractivity (Wildman–Crippen MR) is 88.3 cm³/mol. The van der Waals surface area contributed by atoms with E-state index in [1.165, 1.54) is 0 Å². The van der Waals surface area contributed by atoms with Crippen LogP contribution in [-0.2, 0) is 15.6 Å². The van der Waals surface area contributed by atoms with E-state index in [1.54, 1.807) is 36.5 Å². The van der Waals surface area contributed by atoms with Crippen LogP contribution in [0.25, 0.3) is 10.1 Å². The summed E-state index contributed by atoms with van der Waals surface area (Å²) in [6.07, 6.45) is 0. The third kappa shape index (κ3) is 2.66. The third-order valence-corrected chi connectivity index (χ3v) is 6.27. The van der Waals surface area contributed by atoms with E-state index in [0.29, 0.717) is 16.1 Å². The molecule has 5 heteroatoms. The van der Waals surface area contributed by atoms with Crippen molar-refractivity contribution in [3.8, 4) is 0 Å². The lowest BCUT2D eigenvalue weighted by Crippen LogP contribution is -2.07. The Bertz CT molecular complexity index is 911. The van der Waals surface area contributed by atoms with Crippen LogP contribution in [0.4, 0.5) is 5.69 Å². The minimum atomic E-state index is -3.37. The van der Waals surface area contributed by atoms with E-state index in [0.717, 1.165) is 15.6 Å². The van der Waals surface area contributed by atoms with Crippen LogP contribution in [0.15, 0.2) is 52.7 Å². The number of hydrogen-bond acceptors (Lipinski definition) is 4. The van der Waals surface area contributed by atoms with Crippen molar-refractivity contribution in [2.24, 2.45) is 0 Å². The molecule has 3 nitrogen and oxygen atoms in total. The molecule has 21 heavy (non-hydrogen) atoms. The van der Waals surface area contributed by atoms with Gasteiger partial charge in [-0.05, 0) is 53.1 Å². The third-order valence-electron chi connectivity index (χ3n) is 3.44. The Morgan fingerprint density at radius 3 is 2.67 bits per heavy atom. The molecule has 2 N–H and O–H groups in total. The SMILES string of the molecule is Cc1cc(N)ccc1S(=O)(=O)Cc1csc2ccccc12. The number of nitrogen functional groups attached to an aromatic ring is 1. The van der Waals surface area contributed by atoms with Gasteiger partial charge >= 0.3 is 0 Å². The number of benzene rings is 2. The first-order chi connectivity index (χ1) is 9.97. The summed E-state index contributed by atoms with van der Waals surface area (Å²) >= 11 is 1.57. The van der Waals surface area contributed by atoms with Gasteiger partial charge in [0.15, 0.2) is 9.84 Å². The molecule has 3 aromatic rings. The summed E-state index contributed by atoms with van der Waals surface area (Å²) in [6.45, 7) is 1.77. The van der Waals surface area contributed by atoms with Crippen LogP contribution in [0.5, 0.6) is 0 Å². The lowest BCUT2D eigenvalue weighted by Gasteiger charge is -2.08. The molecule has 0 aliphatic rings. The van der Waals surface area contributed by atoms with Crippen molar-refractivity contribution < 1.29 is 8.42 Å². The van der Waals surface area contributed by atoms with E-state index < -0.39 is 9.84 Å². The zero-order chi connectivity index (χ0) is 15.0. The first-order valence-corrected chi connectivity index (χ1v) is 9.04. The molecule has 0 radical (unpaired) electrons. The second-order valence-electron chi connectivity index (χ2n) is 5.04. The molecule has 0 unspecified atom stereocenters. The molecule has 2 aromatic carbocycles. The molecule has 1 aromatic heterocycles. The second-order valence-corrected chi connectivity index (χ2v) is 7.91. The van der Waals surface area contributed by atoms with Gasteiger partial charge in [-0.15, -0.1) is 11.3 Å². The number of rotatable bonds is 3. The summed E-state index contributed by atoms with van der Waals surface area (Å²) in [5.41, 5.74) is 7.81. The Balaban J connectivity index is 2.03. The standard InChI is InChI=1S/C16H15NO2S2/c1-11-8-13(17)6-7-16(11)21(18,19)10-12-9-20-15-5-3-2-4-14(12)15/h2-9H,10,17H2,1H3. The monoisotopic (exact) mass is 317 g/mol.